The molecule has 6 heteroatoms. The zero-order valence-corrected chi connectivity index (χ0v) is 14.1. The molecule has 0 saturated carbocycles. The van der Waals surface area contributed by atoms with Gasteiger partial charge in [0.15, 0.2) is 0 Å². The van der Waals surface area contributed by atoms with E-state index in [-0.39, 0.29) is 12.4 Å². The lowest BCUT2D eigenvalue weighted by Gasteiger charge is -2.15. The molecule has 2 rings (SSSR count). The zero-order chi connectivity index (χ0) is 15.1. The highest BCUT2D eigenvalue weighted by Gasteiger charge is 2.18. The second-order valence-electron chi connectivity index (χ2n) is 5.19. The molecule has 0 bridgehead atoms. The van der Waals surface area contributed by atoms with Gasteiger partial charge in [-0.1, -0.05) is 6.07 Å². The van der Waals surface area contributed by atoms with E-state index in [9.17, 15) is 4.79 Å². The maximum absolute atomic E-state index is 11.5. The molecule has 0 radical (unpaired) electrons. The molecule has 22 heavy (non-hydrogen) atoms. The van der Waals surface area contributed by atoms with Gasteiger partial charge >= 0.3 is 0 Å². The van der Waals surface area contributed by atoms with Crippen molar-refractivity contribution in [1.29, 1.82) is 0 Å². The van der Waals surface area contributed by atoms with Crippen LogP contribution in [-0.4, -0.2) is 44.7 Å². The van der Waals surface area contributed by atoms with E-state index >= 15 is 0 Å². The number of carbonyl (C=O) groups excluding carboxylic acids is 1. The van der Waals surface area contributed by atoms with E-state index in [1.54, 1.807) is 14.2 Å². The summed E-state index contributed by atoms with van der Waals surface area (Å²) >= 11 is 0. The van der Waals surface area contributed by atoms with Crippen molar-refractivity contribution in [3.63, 3.8) is 0 Å². The molecule has 124 valence electrons. The fourth-order valence-electron chi connectivity index (χ4n) is 2.56. The van der Waals surface area contributed by atoms with E-state index in [4.69, 9.17) is 9.47 Å². The van der Waals surface area contributed by atoms with Gasteiger partial charge in [-0.05, 0) is 25.5 Å². The average Bonchev–Trinajstić information content (AvgIpc) is 2.92. The number of amides is 1. The minimum atomic E-state index is 0. The predicted molar refractivity (Wildman–Crippen MR) is 88.9 cm³/mol. The molecular weight excluding hydrogens is 304 g/mol. The minimum absolute atomic E-state index is 0. The first-order valence-corrected chi connectivity index (χ1v) is 7.44. The van der Waals surface area contributed by atoms with E-state index < -0.39 is 0 Å². The largest absolute Gasteiger partial charge is 0.497 e. The summed E-state index contributed by atoms with van der Waals surface area (Å²) in [6, 6.07) is 5.83. The molecule has 1 heterocycles. The molecule has 0 spiro atoms. The maximum atomic E-state index is 11.5. The molecule has 1 amide bonds. The van der Waals surface area contributed by atoms with Crippen LogP contribution >= 0.6 is 12.4 Å². The van der Waals surface area contributed by atoms with Crippen LogP contribution < -0.4 is 14.8 Å². The first-order valence-electron chi connectivity index (χ1n) is 7.44. The number of likely N-dealkylation sites (tertiary alicyclic amines) is 1. The number of ether oxygens (including phenoxy) is 2. The smallest absolute Gasteiger partial charge is 0.222 e. The van der Waals surface area contributed by atoms with E-state index in [2.05, 4.69) is 5.32 Å². The zero-order valence-electron chi connectivity index (χ0n) is 13.3. The van der Waals surface area contributed by atoms with Crippen molar-refractivity contribution >= 4 is 18.3 Å². The molecule has 1 N–H and O–H groups in total. The number of hydrogen-bond acceptors (Lipinski definition) is 4. The number of methoxy groups -OCH3 is 2. The standard InChI is InChI=1S/C16H24N2O3.ClH/c1-20-14-7-6-13(15(11-14)21-2)12-17-8-4-10-18-9-3-5-16(18)19;/h6-7,11,17H,3-5,8-10,12H2,1-2H3;1H. The van der Waals surface area contributed by atoms with E-state index in [0.29, 0.717) is 5.91 Å². The first kappa shape index (κ1) is 18.6. The summed E-state index contributed by atoms with van der Waals surface area (Å²) in [5, 5.41) is 3.39. The van der Waals surface area contributed by atoms with Gasteiger partial charge in [0.05, 0.1) is 14.2 Å². The summed E-state index contributed by atoms with van der Waals surface area (Å²) in [5.74, 6) is 1.92. The van der Waals surface area contributed by atoms with Gasteiger partial charge < -0.3 is 19.7 Å². The lowest BCUT2D eigenvalue weighted by Crippen LogP contribution is -2.28. The Morgan fingerprint density at radius 2 is 2.09 bits per heavy atom. The summed E-state index contributed by atoms with van der Waals surface area (Å²) < 4.78 is 10.6. The highest BCUT2D eigenvalue weighted by Crippen LogP contribution is 2.24. The van der Waals surface area contributed by atoms with Crippen LogP contribution in [0.5, 0.6) is 11.5 Å². The Labute approximate surface area is 138 Å². The number of rotatable bonds is 8. The summed E-state index contributed by atoms with van der Waals surface area (Å²) in [4.78, 5) is 13.4. The summed E-state index contributed by atoms with van der Waals surface area (Å²) in [6.07, 6.45) is 2.70. The van der Waals surface area contributed by atoms with Gasteiger partial charge in [0.25, 0.3) is 0 Å². The molecule has 1 aliphatic rings. The molecule has 5 nitrogen and oxygen atoms in total. The number of halogens is 1. The van der Waals surface area contributed by atoms with Gasteiger partial charge in [-0.15, -0.1) is 12.4 Å². The van der Waals surface area contributed by atoms with Crippen molar-refractivity contribution in [3.05, 3.63) is 23.8 Å². The normalized spacial score (nSPS) is 13.9. The second kappa shape index (κ2) is 9.54. The molecule has 0 atom stereocenters. The maximum Gasteiger partial charge on any atom is 0.222 e. The van der Waals surface area contributed by atoms with Crippen LogP contribution in [-0.2, 0) is 11.3 Å². The Morgan fingerprint density at radius 1 is 1.27 bits per heavy atom. The molecule has 0 unspecified atom stereocenters. The lowest BCUT2D eigenvalue weighted by atomic mass is 10.2. The van der Waals surface area contributed by atoms with E-state index in [1.807, 2.05) is 23.1 Å². The molecule has 0 aromatic heterocycles. The van der Waals surface area contributed by atoms with Gasteiger partial charge in [-0.3, -0.25) is 4.79 Å². The number of nitrogens with zero attached hydrogens (tertiary/aromatic N) is 1. The third-order valence-electron chi connectivity index (χ3n) is 3.76. The van der Waals surface area contributed by atoms with Crippen molar-refractivity contribution in [2.24, 2.45) is 0 Å². The van der Waals surface area contributed by atoms with Gasteiger partial charge in [-0.25, -0.2) is 0 Å². The van der Waals surface area contributed by atoms with Gasteiger partial charge in [0.1, 0.15) is 11.5 Å². The predicted octanol–water partition coefficient (Wildman–Crippen LogP) is 2.23. The van der Waals surface area contributed by atoms with Crippen LogP contribution in [0.4, 0.5) is 0 Å². The molecule has 1 fully saturated rings. The van der Waals surface area contributed by atoms with Crippen molar-refractivity contribution in [2.75, 3.05) is 33.9 Å². The van der Waals surface area contributed by atoms with Crippen molar-refractivity contribution in [2.45, 2.75) is 25.8 Å². The minimum Gasteiger partial charge on any atom is -0.497 e. The Bertz CT molecular complexity index is 482. The van der Waals surface area contributed by atoms with Gasteiger partial charge in [-0.2, -0.15) is 0 Å². The van der Waals surface area contributed by atoms with Crippen molar-refractivity contribution in [1.82, 2.24) is 10.2 Å². The molecule has 1 aromatic rings. The fraction of sp³-hybridized carbons (Fsp3) is 0.562. The van der Waals surface area contributed by atoms with E-state index in [0.717, 1.165) is 62.5 Å². The van der Waals surface area contributed by atoms with Crippen LogP contribution in [0.15, 0.2) is 18.2 Å². The average molecular weight is 329 g/mol. The molecule has 1 saturated heterocycles. The van der Waals surface area contributed by atoms with E-state index in [1.165, 1.54) is 0 Å². The van der Waals surface area contributed by atoms with Crippen molar-refractivity contribution < 1.29 is 14.3 Å². The van der Waals surface area contributed by atoms with Gasteiger partial charge in [0.2, 0.25) is 5.91 Å². The number of hydrogen-bond donors (Lipinski definition) is 1. The molecular formula is C16H25ClN2O3. The number of carbonyl (C=O) groups is 1. The molecule has 0 aliphatic carbocycles. The molecule has 1 aliphatic heterocycles. The lowest BCUT2D eigenvalue weighted by molar-refractivity contribution is -0.127. The Kier molecular flexibility index (Phi) is 8.06. The fourth-order valence-corrected chi connectivity index (χ4v) is 2.56. The van der Waals surface area contributed by atoms with Crippen LogP contribution in [0.1, 0.15) is 24.8 Å². The number of benzene rings is 1. The summed E-state index contributed by atoms with van der Waals surface area (Å²) in [6.45, 7) is 3.41. The summed E-state index contributed by atoms with van der Waals surface area (Å²) in [5.41, 5.74) is 1.11. The third-order valence-corrected chi connectivity index (χ3v) is 3.76. The SMILES string of the molecule is COc1ccc(CNCCCN2CCCC2=O)c(OC)c1.Cl. The van der Waals surface area contributed by atoms with Crippen LogP contribution in [0.25, 0.3) is 0 Å². The Hall–Kier alpha value is -1.46. The van der Waals surface area contributed by atoms with Gasteiger partial charge in [0, 0.05) is 37.7 Å². The van der Waals surface area contributed by atoms with Crippen LogP contribution in [0.3, 0.4) is 0 Å². The summed E-state index contributed by atoms with van der Waals surface area (Å²) in [7, 11) is 3.31. The third kappa shape index (κ3) is 5.07. The highest BCUT2D eigenvalue weighted by atomic mass is 35.5. The Balaban J connectivity index is 0.00000242. The second-order valence-corrected chi connectivity index (χ2v) is 5.19. The highest BCUT2D eigenvalue weighted by molar-refractivity contribution is 5.85. The topological polar surface area (TPSA) is 50.8 Å². The monoisotopic (exact) mass is 328 g/mol. The number of nitrogens with one attached hydrogen (secondary N) is 1. The Morgan fingerprint density at radius 3 is 2.73 bits per heavy atom. The van der Waals surface area contributed by atoms with Crippen molar-refractivity contribution in [3.8, 4) is 11.5 Å². The quantitative estimate of drug-likeness (QED) is 0.743. The first-order chi connectivity index (χ1) is 10.2. The van der Waals surface area contributed by atoms with Crippen LogP contribution in [0.2, 0.25) is 0 Å². The van der Waals surface area contributed by atoms with Crippen LogP contribution in [0, 0.1) is 0 Å². The molecule has 1 aromatic carbocycles.